The molecule has 0 atom stereocenters. The van der Waals surface area contributed by atoms with Crippen LogP contribution in [0, 0.1) is 0 Å². The van der Waals surface area contributed by atoms with Crippen LogP contribution < -0.4 is 14.5 Å². The monoisotopic (exact) mass is 296 g/mol. The van der Waals surface area contributed by atoms with E-state index in [1.807, 2.05) is 42.3 Å². The SMILES string of the molecule is COc1ccc(N(C)c2ccc3c(c2)CCN3C(C)=O)cc1. The molecule has 1 aliphatic rings. The molecule has 0 unspecified atom stereocenters. The average Bonchev–Trinajstić information content (AvgIpc) is 2.97. The Morgan fingerprint density at radius 3 is 2.45 bits per heavy atom. The third-order valence-corrected chi connectivity index (χ3v) is 4.19. The lowest BCUT2D eigenvalue weighted by atomic mass is 10.1. The van der Waals surface area contributed by atoms with Crippen LogP contribution in [-0.4, -0.2) is 26.6 Å². The molecule has 0 spiro atoms. The molecule has 22 heavy (non-hydrogen) atoms. The zero-order valence-corrected chi connectivity index (χ0v) is 13.2. The van der Waals surface area contributed by atoms with Gasteiger partial charge in [0.15, 0.2) is 0 Å². The van der Waals surface area contributed by atoms with Crippen LogP contribution in [0.3, 0.4) is 0 Å². The van der Waals surface area contributed by atoms with Gasteiger partial charge in [-0.25, -0.2) is 0 Å². The highest BCUT2D eigenvalue weighted by Gasteiger charge is 2.22. The van der Waals surface area contributed by atoms with Crippen LogP contribution in [0.1, 0.15) is 12.5 Å². The second-order valence-electron chi connectivity index (χ2n) is 5.49. The zero-order valence-electron chi connectivity index (χ0n) is 13.2. The second kappa shape index (κ2) is 5.72. The molecule has 1 heterocycles. The van der Waals surface area contributed by atoms with E-state index in [2.05, 4.69) is 17.0 Å². The van der Waals surface area contributed by atoms with Gasteiger partial charge in [-0.3, -0.25) is 4.79 Å². The highest BCUT2D eigenvalue weighted by atomic mass is 16.5. The summed E-state index contributed by atoms with van der Waals surface area (Å²) in [4.78, 5) is 15.6. The Morgan fingerprint density at radius 1 is 1.14 bits per heavy atom. The lowest BCUT2D eigenvalue weighted by Crippen LogP contribution is -2.25. The summed E-state index contributed by atoms with van der Waals surface area (Å²) >= 11 is 0. The Hall–Kier alpha value is -2.49. The normalized spacial score (nSPS) is 13.0. The Balaban J connectivity index is 1.87. The molecule has 2 aromatic carbocycles. The molecule has 0 saturated heterocycles. The molecule has 1 aliphatic heterocycles. The summed E-state index contributed by atoms with van der Waals surface area (Å²) in [5.74, 6) is 0.957. The van der Waals surface area contributed by atoms with Gasteiger partial charge in [-0.05, 0) is 54.4 Å². The molecule has 0 aromatic heterocycles. The fourth-order valence-corrected chi connectivity index (χ4v) is 2.88. The lowest BCUT2D eigenvalue weighted by Gasteiger charge is -2.21. The van der Waals surface area contributed by atoms with Crippen molar-refractivity contribution in [3.63, 3.8) is 0 Å². The first kappa shape index (κ1) is 14.4. The second-order valence-corrected chi connectivity index (χ2v) is 5.49. The van der Waals surface area contributed by atoms with Crippen molar-refractivity contribution in [2.75, 3.05) is 30.5 Å². The summed E-state index contributed by atoms with van der Waals surface area (Å²) in [6, 6.07) is 14.3. The molecule has 3 rings (SSSR count). The van der Waals surface area contributed by atoms with Gasteiger partial charge in [0, 0.05) is 37.6 Å². The van der Waals surface area contributed by atoms with E-state index in [0.717, 1.165) is 35.8 Å². The number of ether oxygens (including phenoxy) is 1. The Labute approximate surface area is 130 Å². The van der Waals surface area contributed by atoms with Gasteiger partial charge in [-0.1, -0.05) is 0 Å². The van der Waals surface area contributed by atoms with E-state index in [-0.39, 0.29) is 5.91 Å². The van der Waals surface area contributed by atoms with Crippen LogP contribution in [0.25, 0.3) is 0 Å². The van der Waals surface area contributed by atoms with E-state index in [9.17, 15) is 4.79 Å². The van der Waals surface area contributed by atoms with Gasteiger partial charge in [-0.15, -0.1) is 0 Å². The highest BCUT2D eigenvalue weighted by molar-refractivity contribution is 5.94. The molecule has 0 aliphatic carbocycles. The van der Waals surface area contributed by atoms with Crippen LogP contribution in [-0.2, 0) is 11.2 Å². The van der Waals surface area contributed by atoms with Crippen molar-refractivity contribution in [3.8, 4) is 5.75 Å². The van der Waals surface area contributed by atoms with Crippen molar-refractivity contribution in [2.45, 2.75) is 13.3 Å². The fraction of sp³-hybridized carbons (Fsp3) is 0.278. The zero-order chi connectivity index (χ0) is 15.7. The number of methoxy groups -OCH3 is 1. The third kappa shape index (κ3) is 2.52. The topological polar surface area (TPSA) is 32.8 Å². The van der Waals surface area contributed by atoms with Crippen LogP contribution in [0.2, 0.25) is 0 Å². The molecular weight excluding hydrogens is 276 g/mol. The number of anilines is 3. The van der Waals surface area contributed by atoms with Gasteiger partial charge in [0.1, 0.15) is 5.75 Å². The molecule has 4 nitrogen and oxygen atoms in total. The summed E-state index contributed by atoms with van der Waals surface area (Å²) in [6.07, 6.45) is 0.916. The number of amides is 1. The molecule has 1 amide bonds. The highest BCUT2D eigenvalue weighted by Crippen LogP contribution is 2.33. The Morgan fingerprint density at radius 2 is 1.82 bits per heavy atom. The minimum absolute atomic E-state index is 0.106. The largest absolute Gasteiger partial charge is 0.497 e. The van der Waals surface area contributed by atoms with Crippen LogP contribution in [0.4, 0.5) is 17.1 Å². The molecule has 0 N–H and O–H groups in total. The van der Waals surface area contributed by atoms with Gasteiger partial charge in [0.2, 0.25) is 5.91 Å². The van der Waals surface area contributed by atoms with E-state index in [1.54, 1.807) is 14.0 Å². The number of hydrogen-bond acceptors (Lipinski definition) is 3. The van der Waals surface area contributed by atoms with Crippen LogP contribution in [0.15, 0.2) is 42.5 Å². The van der Waals surface area contributed by atoms with Gasteiger partial charge in [-0.2, -0.15) is 0 Å². The predicted octanol–water partition coefficient (Wildman–Crippen LogP) is 3.37. The first-order valence-corrected chi connectivity index (χ1v) is 7.39. The van der Waals surface area contributed by atoms with E-state index < -0.39 is 0 Å². The summed E-state index contributed by atoms with van der Waals surface area (Å²) in [6.45, 7) is 2.40. The van der Waals surface area contributed by atoms with Gasteiger partial charge < -0.3 is 14.5 Å². The average molecular weight is 296 g/mol. The lowest BCUT2D eigenvalue weighted by molar-refractivity contribution is -0.116. The molecule has 0 radical (unpaired) electrons. The number of nitrogens with zero attached hydrogens (tertiary/aromatic N) is 2. The Bertz CT molecular complexity index is 695. The Kier molecular flexibility index (Phi) is 3.75. The van der Waals surface area contributed by atoms with Crippen molar-refractivity contribution < 1.29 is 9.53 Å². The standard InChI is InChI=1S/C18H20N2O2/c1-13(21)20-11-10-14-12-16(6-9-18(14)20)19(2)15-4-7-17(22-3)8-5-15/h4-9,12H,10-11H2,1-3H3. The summed E-state index contributed by atoms with van der Waals surface area (Å²) in [7, 11) is 3.71. The van der Waals surface area contributed by atoms with Crippen LogP contribution >= 0.6 is 0 Å². The van der Waals surface area contributed by atoms with Gasteiger partial charge in [0.05, 0.1) is 7.11 Å². The van der Waals surface area contributed by atoms with Crippen molar-refractivity contribution >= 4 is 23.0 Å². The maximum absolute atomic E-state index is 11.6. The van der Waals surface area contributed by atoms with E-state index >= 15 is 0 Å². The number of fused-ring (bicyclic) bond motifs is 1. The molecule has 0 saturated carbocycles. The minimum Gasteiger partial charge on any atom is -0.497 e. The number of benzene rings is 2. The van der Waals surface area contributed by atoms with Crippen LogP contribution in [0.5, 0.6) is 5.75 Å². The van der Waals surface area contributed by atoms with Crippen molar-refractivity contribution in [1.82, 2.24) is 0 Å². The molecule has 114 valence electrons. The summed E-state index contributed by atoms with van der Waals surface area (Å²) < 4.78 is 5.19. The first-order valence-electron chi connectivity index (χ1n) is 7.39. The quantitative estimate of drug-likeness (QED) is 0.870. The fourth-order valence-electron chi connectivity index (χ4n) is 2.88. The molecular formula is C18H20N2O2. The predicted molar refractivity (Wildman–Crippen MR) is 89.2 cm³/mol. The summed E-state index contributed by atoms with van der Waals surface area (Å²) in [5.41, 5.74) is 4.49. The van der Waals surface area contributed by atoms with Crippen molar-refractivity contribution in [1.29, 1.82) is 0 Å². The van der Waals surface area contributed by atoms with Gasteiger partial charge >= 0.3 is 0 Å². The summed E-state index contributed by atoms with van der Waals surface area (Å²) in [5, 5.41) is 0. The molecule has 0 bridgehead atoms. The minimum atomic E-state index is 0.106. The number of hydrogen-bond donors (Lipinski definition) is 0. The molecule has 4 heteroatoms. The van der Waals surface area contributed by atoms with E-state index in [1.165, 1.54) is 5.56 Å². The third-order valence-electron chi connectivity index (χ3n) is 4.19. The maximum atomic E-state index is 11.6. The maximum Gasteiger partial charge on any atom is 0.223 e. The van der Waals surface area contributed by atoms with Crippen molar-refractivity contribution in [2.24, 2.45) is 0 Å². The molecule has 2 aromatic rings. The first-order chi connectivity index (χ1) is 10.6. The van der Waals surface area contributed by atoms with Crippen molar-refractivity contribution in [3.05, 3.63) is 48.0 Å². The van der Waals surface area contributed by atoms with E-state index in [0.29, 0.717) is 0 Å². The smallest absolute Gasteiger partial charge is 0.223 e. The number of rotatable bonds is 3. The van der Waals surface area contributed by atoms with Gasteiger partial charge in [0.25, 0.3) is 0 Å². The van der Waals surface area contributed by atoms with E-state index in [4.69, 9.17) is 4.74 Å². The molecule has 0 fully saturated rings. The number of carbonyl (C=O) groups is 1. The number of carbonyl (C=O) groups excluding carboxylic acids is 1.